The second-order valence-corrected chi connectivity index (χ2v) is 8.56. The number of hydrogen-bond donors (Lipinski definition) is 0. The molecule has 0 spiro atoms. The molecular weight excluding hydrogens is 294 g/mol. The normalized spacial score (nSPS) is 34.0. The average molecular weight is 321 g/mol. The van der Waals surface area contributed by atoms with E-state index in [9.17, 15) is 0 Å². The maximum atomic E-state index is 4.81. The van der Waals surface area contributed by atoms with Gasteiger partial charge in [-0.2, -0.15) is 0 Å². The van der Waals surface area contributed by atoms with Crippen molar-refractivity contribution in [1.82, 2.24) is 14.8 Å². The van der Waals surface area contributed by atoms with Crippen molar-refractivity contribution in [2.24, 2.45) is 17.8 Å². The maximum Gasteiger partial charge on any atom is 0.163 e. The highest BCUT2D eigenvalue weighted by molar-refractivity contribution is 5.55. The molecule has 0 N–H and O–H groups in total. The summed E-state index contributed by atoms with van der Waals surface area (Å²) in [6.07, 6.45) is 9.64. The zero-order chi connectivity index (χ0) is 16.1. The Hall–Kier alpha value is -1.64. The molecule has 1 aromatic carbocycles. The van der Waals surface area contributed by atoms with E-state index < -0.39 is 0 Å². The van der Waals surface area contributed by atoms with Gasteiger partial charge in [0.05, 0.1) is 0 Å². The Bertz CT molecular complexity index is 696. The third-order valence-corrected chi connectivity index (χ3v) is 6.74. The van der Waals surface area contributed by atoms with Gasteiger partial charge < -0.3 is 4.57 Å². The van der Waals surface area contributed by atoms with Gasteiger partial charge >= 0.3 is 0 Å². The minimum atomic E-state index is 0.323. The molecular formula is C21H27N3. The minimum absolute atomic E-state index is 0.323. The first-order valence-electron chi connectivity index (χ1n) is 9.76. The Labute approximate surface area is 144 Å². The molecule has 0 amide bonds. The largest absolute Gasteiger partial charge is 0.311 e. The lowest BCUT2D eigenvalue weighted by atomic mass is 9.49. The van der Waals surface area contributed by atoms with E-state index in [4.69, 9.17) is 5.10 Å². The van der Waals surface area contributed by atoms with Crippen molar-refractivity contribution in [3.63, 3.8) is 0 Å². The zero-order valence-electron chi connectivity index (χ0n) is 14.6. The smallest absolute Gasteiger partial charge is 0.163 e. The summed E-state index contributed by atoms with van der Waals surface area (Å²) in [5, 5.41) is 9.49. The molecule has 3 heteroatoms. The Morgan fingerprint density at radius 1 is 0.958 bits per heavy atom. The molecule has 2 aromatic rings. The van der Waals surface area contributed by atoms with Gasteiger partial charge in [-0.05, 0) is 62.7 Å². The fourth-order valence-corrected chi connectivity index (χ4v) is 6.32. The highest BCUT2D eigenvalue weighted by atomic mass is 15.3. The molecule has 4 fully saturated rings. The van der Waals surface area contributed by atoms with Crippen molar-refractivity contribution in [2.75, 3.05) is 0 Å². The molecule has 1 heterocycles. The minimum Gasteiger partial charge on any atom is -0.311 e. The molecule has 0 unspecified atom stereocenters. The monoisotopic (exact) mass is 321 g/mol. The summed E-state index contributed by atoms with van der Waals surface area (Å²) in [5.41, 5.74) is 1.53. The Morgan fingerprint density at radius 2 is 1.58 bits per heavy atom. The lowest BCUT2D eigenvalue weighted by Crippen LogP contribution is -2.49. The summed E-state index contributed by atoms with van der Waals surface area (Å²) in [7, 11) is 0. The molecule has 6 rings (SSSR count). The van der Waals surface area contributed by atoms with Crippen LogP contribution in [0.25, 0.3) is 11.4 Å². The van der Waals surface area contributed by atoms with Crippen LogP contribution in [0.4, 0.5) is 0 Å². The predicted octanol–water partition coefficient (Wildman–Crippen LogP) is 4.82. The third kappa shape index (κ3) is 2.17. The summed E-state index contributed by atoms with van der Waals surface area (Å²) >= 11 is 0. The molecule has 1 aromatic heterocycles. The SMILES string of the molecule is CCCn1c(-c2ccccc2)nnc1C12CC3CC(CC(C3)C1)C2. The Balaban J connectivity index is 1.60. The van der Waals surface area contributed by atoms with Crippen molar-refractivity contribution in [2.45, 2.75) is 63.8 Å². The molecule has 0 atom stereocenters. The molecule has 0 saturated heterocycles. The number of benzene rings is 1. The van der Waals surface area contributed by atoms with Gasteiger partial charge in [-0.3, -0.25) is 0 Å². The van der Waals surface area contributed by atoms with Crippen LogP contribution in [-0.4, -0.2) is 14.8 Å². The van der Waals surface area contributed by atoms with Crippen LogP contribution in [0.3, 0.4) is 0 Å². The van der Waals surface area contributed by atoms with Crippen molar-refractivity contribution in [1.29, 1.82) is 0 Å². The summed E-state index contributed by atoms with van der Waals surface area (Å²) in [6.45, 7) is 3.30. The first kappa shape index (κ1) is 14.7. The molecule has 0 aliphatic heterocycles. The van der Waals surface area contributed by atoms with E-state index in [-0.39, 0.29) is 0 Å². The van der Waals surface area contributed by atoms with Gasteiger partial charge in [0.15, 0.2) is 5.82 Å². The van der Waals surface area contributed by atoms with Gasteiger partial charge in [-0.15, -0.1) is 10.2 Å². The standard InChI is InChI=1S/C21H27N3/c1-2-8-24-19(18-6-4-3-5-7-18)22-23-20(24)21-12-15-9-16(13-21)11-17(10-15)14-21/h3-7,15-17H,2,8-14H2,1H3. The fourth-order valence-electron chi connectivity index (χ4n) is 6.32. The van der Waals surface area contributed by atoms with E-state index in [2.05, 4.69) is 46.9 Å². The third-order valence-electron chi connectivity index (χ3n) is 6.74. The van der Waals surface area contributed by atoms with Crippen molar-refractivity contribution in [3.05, 3.63) is 36.2 Å². The highest BCUT2D eigenvalue weighted by Crippen LogP contribution is 2.60. The van der Waals surface area contributed by atoms with Crippen molar-refractivity contribution < 1.29 is 0 Å². The number of hydrogen-bond acceptors (Lipinski definition) is 2. The molecule has 24 heavy (non-hydrogen) atoms. The first-order chi connectivity index (χ1) is 11.8. The number of nitrogens with zero attached hydrogens (tertiary/aromatic N) is 3. The molecule has 0 radical (unpaired) electrons. The van der Waals surface area contributed by atoms with E-state index in [1.165, 1.54) is 49.9 Å². The average Bonchev–Trinajstić information content (AvgIpc) is 2.99. The highest BCUT2D eigenvalue weighted by Gasteiger charge is 2.53. The molecule has 4 aliphatic carbocycles. The molecule has 4 saturated carbocycles. The van der Waals surface area contributed by atoms with Gasteiger partial charge in [-0.1, -0.05) is 37.3 Å². The van der Waals surface area contributed by atoms with Gasteiger partial charge in [0, 0.05) is 17.5 Å². The molecule has 126 valence electrons. The van der Waals surface area contributed by atoms with E-state index >= 15 is 0 Å². The van der Waals surface area contributed by atoms with Crippen LogP contribution in [0.2, 0.25) is 0 Å². The van der Waals surface area contributed by atoms with Gasteiger partial charge in [0.1, 0.15) is 5.82 Å². The summed E-state index contributed by atoms with van der Waals surface area (Å²) in [5.74, 6) is 5.22. The lowest BCUT2D eigenvalue weighted by molar-refractivity contribution is -0.0111. The second-order valence-electron chi connectivity index (χ2n) is 8.56. The van der Waals surface area contributed by atoms with E-state index in [1.54, 1.807) is 0 Å². The van der Waals surface area contributed by atoms with Crippen LogP contribution < -0.4 is 0 Å². The summed E-state index contributed by atoms with van der Waals surface area (Å²) in [4.78, 5) is 0. The van der Waals surface area contributed by atoms with E-state index in [0.29, 0.717) is 5.41 Å². The van der Waals surface area contributed by atoms with Crippen LogP contribution in [0.1, 0.15) is 57.7 Å². The number of aromatic nitrogens is 3. The topological polar surface area (TPSA) is 30.7 Å². The van der Waals surface area contributed by atoms with Gasteiger partial charge in [-0.25, -0.2) is 0 Å². The van der Waals surface area contributed by atoms with Crippen LogP contribution in [0, 0.1) is 17.8 Å². The summed E-state index contributed by atoms with van der Waals surface area (Å²) in [6, 6.07) is 10.6. The summed E-state index contributed by atoms with van der Waals surface area (Å²) < 4.78 is 2.46. The molecule has 3 nitrogen and oxygen atoms in total. The first-order valence-corrected chi connectivity index (χ1v) is 9.76. The van der Waals surface area contributed by atoms with Crippen molar-refractivity contribution >= 4 is 0 Å². The second kappa shape index (κ2) is 5.44. The zero-order valence-corrected chi connectivity index (χ0v) is 14.6. The van der Waals surface area contributed by atoms with Gasteiger partial charge in [0.2, 0.25) is 0 Å². The Morgan fingerprint density at radius 3 is 2.17 bits per heavy atom. The van der Waals surface area contributed by atoms with Crippen LogP contribution in [0.5, 0.6) is 0 Å². The van der Waals surface area contributed by atoms with E-state index in [0.717, 1.165) is 36.5 Å². The van der Waals surface area contributed by atoms with Gasteiger partial charge in [0.25, 0.3) is 0 Å². The fraction of sp³-hybridized carbons (Fsp3) is 0.619. The lowest BCUT2D eigenvalue weighted by Gasteiger charge is -2.56. The maximum absolute atomic E-state index is 4.81. The Kier molecular flexibility index (Phi) is 3.33. The van der Waals surface area contributed by atoms with Crippen LogP contribution in [-0.2, 0) is 12.0 Å². The van der Waals surface area contributed by atoms with E-state index in [1.807, 2.05) is 0 Å². The van der Waals surface area contributed by atoms with Crippen molar-refractivity contribution in [3.8, 4) is 11.4 Å². The predicted molar refractivity (Wildman–Crippen MR) is 95.6 cm³/mol. The quantitative estimate of drug-likeness (QED) is 0.808. The molecule has 4 aliphatic rings. The van der Waals surface area contributed by atoms with Crippen LogP contribution >= 0.6 is 0 Å². The molecule has 4 bridgehead atoms. The van der Waals surface area contributed by atoms with Crippen LogP contribution in [0.15, 0.2) is 30.3 Å². The number of rotatable bonds is 4.